The van der Waals surface area contributed by atoms with Crippen LogP contribution in [-0.2, 0) is 0 Å². The second-order valence-electron chi connectivity index (χ2n) is 4.98. The van der Waals surface area contributed by atoms with Crippen LogP contribution in [0.25, 0.3) is 0 Å². The van der Waals surface area contributed by atoms with Crippen molar-refractivity contribution in [2.45, 2.75) is 43.9 Å². The fourth-order valence-corrected chi connectivity index (χ4v) is 3.78. The molecule has 1 aromatic heterocycles. The second-order valence-corrected chi connectivity index (χ2v) is 5.83. The lowest BCUT2D eigenvalue weighted by molar-refractivity contribution is 0.126. The molecule has 2 aliphatic heterocycles. The van der Waals surface area contributed by atoms with Gasteiger partial charge >= 0.3 is 0 Å². The Bertz CT molecular complexity index is 406. The number of rotatable bonds is 1. The summed E-state index contributed by atoms with van der Waals surface area (Å²) in [5, 5.41) is 9.81. The zero-order valence-electron chi connectivity index (χ0n) is 9.51. The first kappa shape index (κ1) is 11.3. The Hall–Kier alpha value is -0.810. The first-order chi connectivity index (χ1) is 8.16. The Kier molecular flexibility index (Phi) is 2.75. The maximum Gasteiger partial charge on any atom is 0.0781 e. The van der Waals surface area contributed by atoms with Crippen LogP contribution in [0, 0.1) is 0 Å². The highest BCUT2D eigenvalue weighted by Gasteiger charge is 2.41. The van der Waals surface area contributed by atoms with Gasteiger partial charge in [0.25, 0.3) is 0 Å². The third-order valence-corrected chi connectivity index (χ3v) is 4.45. The Labute approximate surface area is 109 Å². The molecule has 2 atom stereocenters. The fraction of sp³-hybridized carbons (Fsp3) is 0.583. The Morgan fingerprint density at radius 3 is 2.53 bits per heavy atom. The van der Waals surface area contributed by atoms with E-state index in [1.54, 1.807) is 12.4 Å². The maximum absolute atomic E-state index is 9.81. The first-order valence-electron chi connectivity index (χ1n) is 6.02. The third kappa shape index (κ3) is 1.81. The van der Waals surface area contributed by atoms with Gasteiger partial charge in [-0.1, -0.05) is 0 Å². The lowest BCUT2D eigenvalue weighted by Gasteiger charge is -2.39. The highest BCUT2D eigenvalue weighted by Crippen LogP contribution is 2.44. The second kappa shape index (κ2) is 4.14. The number of hydrogen-bond acceptors (Lipinski definition) is 4. The number of nitrogens with two attached hydrogens (primary N) is 1. The van der Waals surface area contributed by atoms with Crippen LogP contribution in [0.15, 0.2) is 16.9 Å². The molecule has 2 fully saturated rings. The number of nitrogens with zero attached hydrogens (tertiary/aromatic N) is 2. The van der Waals surface area contributed by atoms with E-state index in [0.29, 0.717) is 17.8 Å². The van der Waals surface area contributed by atoms with E-state index in [2.05, 4.69) is 25.8 Å². The highest BCUT2D eigenvalue weighted by atomic mass is 79.9. The Morgan fingerprint density at radius 1 is 1.29 bits per heavy atom. The average Bonchev–Trinajstić information content (AvgIpc) is 2.54. The summed E-state index contributed by atoms with van der Waals surface area (Å²) in [4.78, 5) is 6.46. The quantitative estimate of drug-likeness (QED) is 0.831. The molecule has 0 radical (unpaired) electrons. The number of aliphatic hydroxyl groups is 1. The monoisotopic (exact) mass is 297 g/mol. The SMILES string of the molecule is Nc1cncc(Br)c1N1C2CCC1CC(O)C2. The largest absolute Gasteiger partial charge is 0.396 e. The number of anilines is 2. The molecule has 2 aliphatic rings. The molecule has 5 heteroatoms. The zero-order valence-corrected chi connectivity index (χ0v) is 11.1. The van der Waals surface area contributed by atoms with Gasteiger partial charge in [0.2, 0.25) is 0 Å². The summed E-state index contributed by atoms with van der Waals surface area (Å²) in [6.07, 6.45) is 7.34. The Morgan fingerprint density at radius 2 is 1.94 bits per heavy atom. The number of halogens is 1. The number of aromatic nitrogens is 1. The van der Waals surface area contributed by atoms with Crippen molar-refractivity contribution in [1.82, 2.24) is 4.98 Å². The van der Waals surface area contributed by atoms with E-state index in [4.69, 9.17) is 5.73 Å². The molecule has 2 unspecified atom stereocenters. The lowest BCUT2D eigenvalue weighted by atomic mass is 9.99. The normalized spacial score (nSPS) is 31.9. The summed E-state index contributed by atoms with van der Waals surface area (Å²) >= 11 is 3.53. The van der Waals surface area contributed by atoms with Gasteiger partial charge in [0, 0.05) is 18.3 Å². The summed E-state index contributed by atoms with van der Waals surface area (Å²) in [5.41, 5.74) is 7.81. The van der Waals surface area contributed by atoms with Crippen LogP contribution >= 0.6 is 15.9 Å². The van der Waals surface area contributed by atoms with Crippen molar-refractivity contribution in [3.05, 3.63) is 16.9 Å². The summed E-state index contributed by atoms with van der Waals surface area (Å²) < 4.78 is 0.950. The number of aliphatic hydroxyl groups excluding tert-OH is 1. The molecule has 4 nitrogen and oxygen atoms in total. The average molecular weight is 298 g/mol. The van der Waals surface area contributed by atoms with Gasteiger partial charge in [-0.2, -0.15) is 0 Å². The minimum atomic E-state index is -0.148. The van der Waals surface area contributed by atoms with E-state index in [1.807, 2.05) is 0 Å². The number of hydrogen-bond donors (Lipinski definition) is 2. The molecule has 3 rings (SSSR count). The number of pyridine rings is 1. The van der Waals surface area contributed by atoms with Crippen molar-refractivity contribution in [2.24, 2.45) is 0 Å². The van der Waals surface area contributed by atoms with Gasteiger partial charge in [-0.05, 0) is 41.6 Å². The van der Waals surface area contributed by atoms with Crippen LogP contribution in [0.5, 0.6) is 0 Å². The molecule has 3 N–H and O–H groups in total. The van der Waals surface area contributed by atoms with Gasteiger partial charge < -0.3 is 15.7 Å². The van der Waals surface area contributed by atoms with E-state index >= 15 is 0 Å². The van der Waals surface area contributed by atoms with Gasteiger partial charge in [0.15, 0.2) is 0 Å². The number of nitrogen functional groups attached to an aromatic ring is 1. The standard InChI is InChI=1S/C12H16BrN3O/c13-10-5-15-6-11(14)12(10)16-7-1-2-8(16)4-9(17)3-7/h5-9,17H,1-4,14H2. The predicted molar refractivity (Wildman–Crippen MR) is 70.9 cm³/mol. The van der Waals surface area contributed by atoms with Crippen molar-refractivity contribution in [1.29, 1.82) is 0 Å². The topological polar surface area (TPSA) is 62.4 Å². The summed E-state index contributed by atoms with van der Waals surface area (Å²) in [5.74, 6) is 0. The van der Waals surface area contributed by atoms with Crippen molar-refractivity contribution in [3.63, 3.8) is 0 Å². The molecular weight excluding hydrogens is 282 g/mol. The van der Waals surface area contributed by atoms with Crippen LogP contribution in [0.2, 0.25) is 0 Å². The van der Waals surface area contributed by atoms with Gasteiger partial charge in [-0.3, -0.25) is 4.98 Å². The summed E-state index contributed by atoms with van der Waals surface area (Å²) in [6.45, 7) is 0. The zero-order chi connectivity index (χ0) is 12.0. The Balaban J connectivity index is 2.00. The highest BCUT2D eigenvalue weighted by molar-refractivity contribution is 9.10. The van der Waals surface area contributed by atoms with Gasteiger partial charge in [0.05, 0.1) is 28.1 Å². The van der Waals surface area contributed by atoms with Gasteiger partial charge in [0.1, 0.15) is 0 Å². The molecule has 3 heterocycles. The van der Waals surface area contributed by atoms with Crippen molar-refractivity contribution < 1.29 is 5.11 Å². The van der Waals surface area contributed by atoms with Crippen LogP contribution in [0.4, 0.5) is 11.4 Å². The van der Waals surface area contributed by atoms with Gasteiger partial charge in [-0.25, -0.2) is 0 Å². The molecule has 2 saturated heterocycles. The third-order valence-electron chi connectivity index (χ3n) is 3.87. The van der Waals surface area contributed by atoms with Crippen LogP contribution in [0.3, 0.4) is 0 Å². The van der Waals surface area contributed by atoms with E-state index in [-0.39, 0.29) is 6.10 Å². The number of fused-ring (bicyclic) bond motifs is 2. The van der Waals surface area contributed by atoms with Crippen LogP contribution < -0.4 is 10.6 Å². The van der Waals surface area contributed by atoms with E-state index in [9.17, 15) is 5.11 Å². The molecule has 0 aromatic carbocycles. The molecule has 2 bridgehead atoms. The predicted octanol–water partition coefficient (Wildman–Crippen LogP) is 1.92. The fourth-order valence-electron chi connectivity index (χ4n) is 3.23. The minimum absolute atomic E-state index is 0.148. The van der Waals surface area contributed by atoms with Gasteiger partial charge in [-0.15, -0.1) is 0 Å². The van der Waals surface area contributed by atoms with Crippen molar-refractivity contribution in [3.8, 4) is 0 Å². The van der Waals surface area contributed by atoms with Crippen molar-refractivity contribution in [2.75, 3.05) is 10.6 Å². The first-order valence-corrected chi connectivity index (χ1v) is 6.81. The van der Waals surface area contributed by atoms with E-state index in [1.165, 1.54) is 0 Å². The molecule has 0 spiro atoms. The number of piperidine rings is 1. The van der Waals surface area contributed by atoms with Crippen LogP contribution in [0.1, 0.15) is 25.7 Å². The van der Waals surface area contributed by atoms with E-state index in [0.717, 1.165) is 35.8 Å². The molecule has 0 amide bonds. The molecular formula is C12H16BrN3O. The summed E-state index contributed by atoms with van der Waals surface area (Å²) in [6, 6.07) is 0.842. The maximum atomic E-state index is 9.81. The van der Waals surface area contributed by atoms with Crippen molar-refractivity contribution >= 4 is 27.3 Å². The molecule has 17 heavy (non-hydrogen) atoms. The molecule has 0 saturated carbocycles. The lowest BCUT2D eigenvalue weighted by Crippen LogP contribution is -2.45. The van der Waals surface area contributed by atoms with E-state index < -0.39 is 0 Å². The molecule has 92 valence electrons. The molecule has 1 aromatic rings. The molecule has 0 aliphatic carbocycles. The smallest absolute Gasteiger partial charge is 0.0781 e. The summed E-state index contributed by atoms with van der Waals surface area (Å²) in [7, 11) is 0. The van der Waals surface area contributed by atoms with Crippen LogP contribution in [-0.4, -0.2) is 28.3 Å². The minimum Gasteiger partial charge on any atom is -0.396 e.